The van der Waals surface area contributed by atoms with E-state index in [4.69, 9.17) is 14.2 Å². The third-order valence-corrected chi connectivity index (χ3v) is 6.09. The number of carboxylic acids is 1. The number of carboxylic acid groups (broad SMARTS) is 1. The Balaban J connectivity index is 1.65. The number of hydrogen-bond donors (Lipinski definition) is 2. The fourth-order valence-corrected chi connectivity index (χ4v) is 4.30. The molecule has 0 aliphatic heterocycles. The average Bonchev–Trinajstić information content (AvgIpc) is 3.48. The van der Waals surface area contributed by atoms with Gasteiger partial charge in [-0.05, 0) is 43.0 Å². The largest absolute Gasteiger partial charge is 0.497 e. The predicted molar refractivity (Wildman–Crippen MR) is 135 cm³/mol. The van der Waals surface area contributed by atoms with E-state index in [1.807, 2.05) is 24.3 Å². The van der Waals surface area contributed by atoms with Crippen molar-refractivity contribution in [3.05, 3.63) is 59.1 Å². The summed E-state index contributed by atoms with van der Waals surface area (Å²) in [6.07, 6.45) is 3.28. The first-order valence-electron chi connectivity index (χ1n) is 10.9. The minimum Gasteiger partial charge on any atom is -0.497 e. The molecule has 36 heavy (non-hydrogen) atoms. The van der Waals surface area contributed by atoms with Crippen LogP contribution in [0.5, 0.6) is 11.5 Å². The zero-order valence-corrected chi connectivity index (χ0v) is 20.7. The number of benzene rings is 2. The molecule has 2 heterocycles. The van der Waals surface area contributed by atoms with Crippen molar-refractivity contribution in [1.29, 1.82) is 0 Å². The van der Waals surface area contributed by atoms with Gasteiger partial charge in [0.1, 0.15) is 22.9 Å². The first-order valence-corrected chi connectivity index (χ1v) is 11.8. The zero-order valence-electron chi connectivity index (χ0n) is 19.8. The number of thioether (sulfide) groups is 1. The molecule has 186 valence electrons. The SMILES string of the molecule is CCOC(=O)Cn1cc(/C=C(\Sc2n[nH]c(-c3cc(OC)cc(OC)c3)n2)C(=O)O)c2ccccc21. The van der Waals surface area contributed by atoms with Gasteiger partial charge in [0, 0.05) is 34.3 Å². The molecule has 0 aliphatic rings. The van der Waals surface area contributed by atoms with Crippen molar-refractivity contribution in [2.45, 2.75) is 18.6 Å². The van der Waals surface area contributed by atoms with Crippen molar-refractivity contribution < 1.29 is 28.9 Å². The Morgan fingerprint density at radius 3 is 2.53 bits per heavy atom. The minimum absolute atomic E-state index is 0.0165. The van der Waals surface area contributed by atoms with Crippen molar-refractivity contribution in [3.8, 4) is 22.9 Å². The summed E-state index contributed by atoms with van der Waals surface area (Å²) in [7, 11) is 3.10. The van der Waals surface area contributed by atoms with Crippen molar-refractivity contribution in [3.63, 3.8) is 0 Å². The highest BCUT2D eigenvalue weighted by Crippen LogP contribution is 2.32. The van der Waals surface area contributed by atoms with Gasteiger partial charge < -0.3 is 23.9 Å². The molecule has 2 aromatic heterocycles. The summed E-state index contributed by atoms with van der Waals surface area (Å²) in [4.78, 5) is 28.6. The molecule has 2 N–H and O–H groups in total. The standard InChI is InChI=1S/C25H24N4O6S/c1-4-35-22(30)14-29-13-16(19-7-5-6-8-20(19)29)11-21(24(31)32)36-25-26-23(27-28-25)15-9-17(33-2)12-18(10-15)34-3/h5-13H,4,14H2,1-3H3,(H,31,32)(H,26,27,28)/b21-11-. The fourth-order valence-electron chi connectivity index (χ4n) is 3.61. The van der Waals surface area contributed by atoms with Gasteiger partial charge in [0.15, 0.2) is 5.82 Å². The lowest BCUT2D eigenvalue weighted by Crippen LogP contribution is -2.12. The molecular weight excluding hydrogens is 484 g/mol. The smallest absolute Gasteiger partial charge is 0.342 e. The van der Waals surface area contributed by atoms with Crippen LogP contribution in [0.3, 0.4) is 0 Å². The first-order chi connectivity index (χ1) is 17.4. The van der Waals surface area contributed by atoms with E-state index in [0.29, 0.717) is 28.5 Å². The Kier molecular flexibility index (Phi) is 7.59. The number of H-pyrrole nitrogens is 1. The summed E-state index contributed by atoms with van der Waals surface area (Å²) >= 11 is 0.912. The number of rotatable bonds is 10. The second kappa shape index (κ2) is 11.0. The van der Waals surface area contributed by atoms with Gasteiger partial charge in [-0.1, -0.05) is 18.2 Å². The molecule has 0 aliphatic carbocycles. The van der Waals surface area contributed by atoms with Gasteiger partial charge in [-0.25, -0.2) is 9.78 Å². The second-order valence-corrected chi connectivity index (χ2v) is 8.53. The molecule has 0 saturated heterocycles. The van der Waals surface area contributed by atoms with Gasteiger partial charge in [0.25, 0.3) is 0 Å². The van der Waals surface area contributed by atoms with E-state index < -0.39 is 5.97 Å². The summed E-state index contributed by atoms with van der Waals surface area (Å²) in [6, 6.07) is 12.7. The van der Waals surface area contributed by atoms with E-state index >= 15 is 0 Å². The maximum atomic E-state index is 12.1. The number of carbonyl (C=O) groups is 2. The molecule has 0 saturated carbocycles. The second-order valence-electron chi connectivity index (χ2n) is 7.52. The molecule has 4 aromatic rings. The third kappa shape index (κ3) is 5.52. The number of esters is 1. The average molecular weight is 509 g/mol. The number of methoxy groups -OCH3 is 2. The maximum Gasteiger partial charge on any atom is 0.342 e. The van der Waals surface area contributed by atoms with Gasteiger partial charge >= 0.3 is 11.9 Å². The lowest BCUT2D eigenvalue weighted by Gasteiger charge is -2.06. The monoisotopic (exact) mass is 508 g/mol. The lowest BCUT2D eigenvalue weighted by atomic mass is 10.1. The van der Waals surface area contributed by atoms with Gasteiger partial charge in [-0.3, -0.25) is 9.89 Å². The van der Waals surface area contributed by atoms with Crippen molar-refractivity contribution in [2.75, 3.05) is 20.8 Å². The van der Waals surface area contributed by atoms with E-state index in [2.05, 4.69) is 15.2 Å². The van der Waals surface area contributed by atoms with E-state index in [9.17, 15) is 14.7 Å². The Hall–Kier alpha value is -4.25. The highest BCUT2D eigenvalue weighted by molar-refractivity contribution is 8.04. The Morgan fingerprint density at radius 2 is 1.86 bits per heavy atom. The summed E-state index contributed by atoms with van der Waals surface area (Å²) in [5.74, 6) is 0.103. The molecule has 2 aromatic carbocycles. The van der Waals surface area contributed by atoms with Crippen LogP contribution >= 0.6 is 11.8 Å². The highest BCUT2D eigenvalue weighted by Gasteiger charge is 2.17. The van der Waals surface area contributed by atoms with E-state index in [1.54, 1.807) is 56.2 Å². The molecule has 10 nitrogen and oxygen atoms in total. The highest BCUT2D eigenvalue weighted by atomic mass is 32.2. The van der Waals surface area contributed by atoms with Gasteiger partial charge in [-0.15, -0.1) is 5.10 Å². The molecule has 0 unspecified atom stereocenters. The number of aromatic amines is 1. The van der Waals surface area contributed by atoms with Crippen molar-refractivity contribution in [1.82, 2.24) is 19.7 Å². The van der Waals surface area contributed by atoms with Crippen LogP contribution in [0.4, 0.5) is 0 Å². The van der Waals surface area contributed by atoms with Gasteiger partial charge in [-0.2, -0.15) is 0 Å². The van der Waals surface area contributed by atoms with Crippen molar-refractivity contribution >= 4 is 40.7 Å². The van der Waals surface area contributed by atoms with Crippen LogP contribution in [-0.2, 0) is 20.9 Å². The molecule has 0 atom stereocenters. The van der Waals surface area contributed by atoms with Crippen LogP contribution in [0.15, 0.2) is 58.7 Å². The fraction of sp³-hybridized carbons (Fsp3) is 0.200. The van der Waals surface area contributed by atoms with E-state index in [1.165, 1.54) is 0 Å². The number of para-hydroxylation sites is 1. The Morgan fingerprint density at radius 1 is 1.14 bits per heavy atom. The van der Waals surface area contributed by atoms with Crippen LogP contribution in [0.1, 0.15) is 12.5 Å². The molecule has 0 spiro atoms. The number of nitrogens with zero attached hydrogens (tertiary/aromatic N) is 3. The molecular formula is C25H24N4O6S. The summed E-state index contributed by atoms with van der Waals surface area (Å²) in [5.41, 5.74) is 2.11. The minimum atomic E-state index is -1.13. The molecule has 0 amide bonds. The number of carbonyl (C=O) groups excluding carboxylic acids is 1. The number of ether oxygens (including phenoxy) is 3. The topological polar surface area (TPSA) is 129 Å². The maximum absolute atomic E-state index is 12.1. The molecule has 4 rings (SSSR count). The number of fused-ring (bicyclic) bond motifs is 1. The number of aromatic nitrogens is 4. The Bertz CT molecular complexity index is 1420. The zero-order chi connectivity index (χ0) is 25.7. The predicted octanol–water partition coefficient (Wildman–Crippen LogP) is 4.22. The summed E-state index contributed by atoms with van der Waals surface area (Å²) < 4.78 is 17.4. The van der Waals surface area contributed by atoms with Gasteiger partial charge in [0.2, 0.25) is 5.16 Å². The molecule has 0 bridgehead atoms. The van der Waals surface area contributed by atoms with Crippen molar-refractivity contribution in [2.24, 2.45) is 0 Å². The van der Waals surface area contributed by atoms with Crippen LogP contribution in [0.2, 0.25) is 0 Å². The number of aliphatic carboxylic acids is 1. The molecule has 11 heteroatoms. The number of hydrogen-bond acceptors (Lipinski definition) is 8. The Labute approximate surface area is 210 Å². The normalized spacial score (nSPS) is 11.5. The lowest BCUT2D eigenvalue weighted by molar-refractivity contribution is -0.143. The first kappa shape index (κ1) is 24.9. The third-order valence-electron chi connectivity index (χ3n) is 5.21. The summed E-state index contributed by atoms with van der Waals surface area (Å²) in [5, 5.41) is 17.9. The van der Waals surface area contributed by atoms with E-state index in [0.717, 1.165) is 22.7 Å². The van der Waals surface area contributed by atoms with Crippen LogP contribution in [-0.4, -0.2) is 57.6 Å². The quantitative estimate of drug-likeness (QED) is 0.184. The molecule has 0 fully saturated rings. The summed E-state index contributed by atoms with van der Waals surface area (Å²) in [6.45, 7) is 2.05. The van der Waals surface area contributed by atoms with E-state index in [-0.39, 0.29) is 29.2 Å². The number of nitrogens with one attached hydrogen (secondary N) is 1. The van der Waals surface area contributed by atoms with Gasteiger partial charge in [0.05, 0.1) is 20.8 Å². The van der Waals surface area contributed by atoms with Crippen LogP contribution in [0, 0.1) is 0 Å². The van der Waals surface area contributed by atoms with Crippen LogP contribution < -0.4 is 9.47 Å². The van der Waals surface area contributed by atoms with Crippen LogP contribution in [0.25, 0.3) is 28.4 Å². The molecule has 0 radical (unpaired) electrons.